The summed E-state index contributed by atoms with van der Waals surface area (Å²) in [7, 11) is 0. The van der Waals surface area contributed by atoms with Gasteiger partial charge in [0.25, 0.3) is 0 Å². The summed E-state index contributed by atoms with van der Waals surface area (Å²) in [6, 6.07) is 0. The fourth-order valence-electron chi connectivity index (χ4n) is 1.41. The molecule has 0 aliphatic heterocycles. The van der Waals surface area contributed by atoms with Crippen molar-refractivity contribution in [3.8, 4) is 0 Å². The van der Waals surface area contributed by atoms with E-state index in [0.717, 1.165) is 18.7 Å². The van der Waals surface area contributed by atoms with Gasteiger partial charge in [-0.25, -0.2) is 4.68 Å². The number of amides is 1. The largest absolute Gasteiger partial charge is 0.354 e. The van der Waals surface area contributed by atoms with Crippen LogP contribution in [0.5, 0.6) is 0 Å². The first-order chi connectivity index (χ1) is 8.61. The molecule has 0 atom stereocenters. The molecule has 0 radical (unpaired) electrons. The molecule has 102 valence electrons. The summed E-state index contributed by atoms with van der Waals surface area (Å²) in [5.41, 5.74) is 0.861. The SMILES string of the molecule is CCCNCc1cn(CC(=O)NCC(C)C)nn1. The van der Waals surface area contributed by atoms with Crippen LogP contribution in [0.4, 0.5) is 0 Å². The molecule has 0 saturated heterocycles. The lowest BCUT2D eigenvalue weighted by atomic mass is 10.2. The fraction of sp³-hybridized carbons (Fsp3) is 0.750. The van der Waals surface area contributed by atoms with Gasteiger partial charge in [-0.2, -0.15) is 0 Å². The second-order valence-corrected chi connectivity index (χ2v) is 4.78. The Balaban J connectivity index is 2.32. The molecule has 0 aromatic carbocycles. The van der Waals surface area contributed by atoms with E-state index in [2.05, 4.69) is 41.7 Å². The zero-order valence-electron chi connectivity index (χ0n) is 11.4. The van der Waals surface area contributed by atoms with E-state index < -0.39 is 0 Å². The number of hydrogen-bond acceptors (Lipinski definition) is 4. The molecule has 6 nitrogen and oxygen atoms in total. The van der Waals surface area contributed by atoms with Crippen LogP contribution in [0, 0.1) is 5.92 Å². The number of hydrogen-bond donors (Lipinski definition) is 2. The monoisotopic (exact) mass is 253 g/mol. The smallest absolute Gasteiger partial charge is 0.241 e. The van der Waals surface area contributed by atoms with Gasteiger partial charge in [-0.3, -0.25) is 4.79 Å². The van der Waals surface area contributed by atoms with Gasteiger partial charge in [0.15, 0.2) is 0 Å². The van der Waals surface area contributed by atoms with Crippen LogP contribution >= 0.6 is 0 Å². The highest BCUT2D eigenvalue weighted by Gasteiger charge is 2.06. The molecule has 0 fully saturated rings. The Hall–Kier alpha value is -1.43. The van der Waals surface area contributed by atoms with Crippen LogP contribution in [0.2, 0.25) is 0 Å². The first kappa shape index (κ1) is 14.6. The van der Waals surface area contributed by atoms with Crippen molar-refractivity contribution in [3.05, 3.63) is 11.9 Å². The van der Waals surface area contributed by atoms with Crippen molar-refractivity contribution in [2.75, 3.05) is 13.1 Å². The molecule has 0 spiro atoms. The Morgan fingerprint density at radius 1 is 1.50 bits per heavy atom. The Bertz CT molecular complexity index is 361. The first-order valence-electron chi connectivity index (χ1n) is 6.48. The van der Waals surface area contributed by atoms with Gasteiger partial charge in [0.05, 0.1) is 11.9 Å². The number of aromatic nitrogens is 3. The van der Waals surface area contributed by atoms with Gasteiger partial charge in [-0.1, -0.05) is 26.0 Å². The van der Waals surface area contributed by atoms with Gasteiger partial charge >= 0.3 is 0 Å². The van der Waals surface area contributed by atoms with Crippen molar-refractivity contribution in [2.24, 2.45) is 5.92 Å². The van der Waals surface area contributed by atoms with Crippen molar-refractivity contribution in [1.82, 2.24) is 25.6 Å². The molecule has 1 aromatic heterocycles. The van der Waals surface area contributed by atoms with Gasteiger partial charge in [0.1, 0.15) is 6.54 Å². The molecule has 1 aromatic rings. The molecule has 1 amide bonds. The maximum Gasteiger partial charge on any atom is 0.241 e. The number of carbonyl (C=O) groups excluding carboxylic acids is 1. The minimum Gasteiger partial charge on any atom is -0.354 e. The van der Waals surface area contributed by atoms with E-state index in [-0.39, 0.29) is 12.5 Å². The zero-order chi connectivity index (χ0) is 13.4. The predicted molar refractivity (Wildman–Crippen MR) is 69.9 cm³/mol. The summed E-state index contributed by atoms with van der Waals surface area (Å²) in [4.78, 5) is 11.6. The van der Waals surface area contributed by atoms with Crippen molar-refractivity contribution < 1.29 is 4.79 Å². The highest BCUT2D eigenvalue weighted by Crippen LogP contribution is 1.93. The van der Waals surface area contributed by atoms with Gasteiger partial charge in [0.2, 0.25) is 5.91 Å². The Kier molecular flexibility index (Phi) is 6.35. The van der Waals surface area contributed by atoms with Crippen molar-refractivity contribution in [1.29, 1.82) is 0 Å². The molecular weight excluding hydrogens is 230 g/mol. The molecule has 2 N–H and O–H groups in total. The van der Waals surface area contributed by atoms with Crippen molar-refractivity contribution >= 4 is 5.91 Å². The molecule has 0 unspecified atom stereocenters. The maximum absolute atomic E-state index is 11.6. The first-order valence-corrected chi connectivity index (χ1v) is 6.48. The van der Waals surface area contributed by atoms with Crippen LogP contribution < -0.4 is 10.6 Å². The molecule has 0 aliphatic carbocycles. The standard InChI is InChI=1S/C12H23N5O/c1-4-5-13-7-11-8-17(16-15-11)9-12(18)14-6-10(2)3/h8,10,13H,4-7,9H2,1-3H3,(H,14,18). The van der Waals surface area contributed by atoms with E-state index in [1.807, 2.05) is 0 Å². The van der Waals surface area contributed by atoms with Gasteiger partial charge in [-0.05, 0) is 18.9 Å². The Labute approximate surface area is 108 Å². The number of carbonyl (C=O) groups is 1. The summed E-state index contributed by atoms with van der Waals surface area (Å²) < 4.78 is 1.57. The molecule has 0 bridgehead atoms. The van der Waals surface area contributed by atoms with Crippen molar-refractivity contribution in [2.45, 2.75) is 40.3 Å². The lowest BCUT2D eigenvalue weighted by Crippen LogP contribution is -2.30. The van der Waals surface area contributed by atoms with E-state index >= 15 is 0 Å². The van der Waals surface area contributed by atoms with E-state index in [9.17, 15) is 4.79 Å². The van der Waals surface area contributed by atoms with Crippen LogP contribution in [0.15, 0.2) is 6.20 Å². The minimum absolute atomic E-state index is 0.0262. The third-order valence-electron chi connectivity index (χ3n) is 2.33. The molecule has 0 aliphatic rings. The van der Waals surface area contributed by atoms with Crippen LogP contribution in [0.3, 0.4) is 0 Å². The molecule has 1 rings (SSSR count). The van der Waals surface area contributed by atoms with Gasteiger partial charge in [-0.15, -0.1) is 5.10 Å². The van der Waals surface area contributed by atoms with Crippen molar-refractivity contribution in [3.63, 3.8) is 0 Å². The Morgan fingerprint density at radius 3 is 2.94 bits per heavy atom. The van der Waals surface area contributed by atoms with Crippen LogP contribution in [-0.4, -0.2) is 34.0 Å². The summed E-state index contributed by atoms with van der Waals surface area (Å²) >= 11 is 0. The molecule has 18 heavy (non-hydrogen) atoms. The third-order valence-corrected chi connectivity index (χ3v) is 2.33. The minimum atomic E-state index is -0.0262. The van der Waals surface area contributed by atoms with Crippen LogP contribution in [0.1, 0.15) is 32.9 Å². The average Bonchev–Trinajstić information content (AvgIpc) is 2.74. The number of nitrogens with one attached hydrogen (secondary N) is 2. The third kappa shape index (κ3) is 5.77. The lowest BCUT2D eigenvalue weighted by Gasteiger charge is -2.06. The molecule has 0 saturated carbocycles. The summed E-state index contributed by atoms with van der Waals surface area (Å²) in [6.07, 6.45) is 2.89. The van der Waals surface area contributed by atoms with Crippen LogP contribution in [-0.2, 0) is 17.9 Å². The second kappa shape index (κ2) is 7.81. The highest BCUT2D eigenvalue weighted by atomic mass is 16.2. The van der Waals surface area contributed by atoms with E-state index in [1.165, 1.54) is 0 Å². The molecule has 6 heteroatoms. The lowest BCUT2D eigenvalue weighted by molar-refractivity contribution is -0.122. The summed E-state index contributed by atoms with van der Waals surface area (Å²) in [5, 5.41) is 14.0. The van der Waals surface area contributed by atoms with Gasteiger partial charge < -0.3 is 10.6 Å². The second-order valence-electron chi connectivity index (χ2n) is 4.78. The van der Waals surface area contributed by atoms with E-state index in [0.29, 0.717) is 19.0 Å². The summed E-state index contributed by atoms with van der Waals surface area (Å²) in [6.45, 7) is 8.82. The topological polar surface area (TPSA) is 71.8 Å². The normalized spacial score (nSPS) is 10.9. The van der Waals surface area contributed by atoms with E-state index in [4.69, 9.17) is 0 Å². The quantitative estimate of drug-likeness (QED) is 0.664. The average molecular weight is 253 g/mol. The highest BCUT2D eigenvalue weighted by molar-refractivity contribution is 5.75. The number of nitrogens with zero attached hydrogens (tertiary/aromatic N) is 3. The van der Waals surface area contributed by atoms with E-state index in [1.54, 1.807) is 10.9 Å². The maximum atomic E-state index is 11.6. The number of rotatable bonds is 8. The zero-order valence-corrected chi connectivity index (χ0v) is 11.4. The summed E-state index contributed by atoms with van der Waals surface area (Å²) in [5.74, 6) is 0.431. The predicted octanol–water partition coefficient (Wildman–Crippen LogP) is 0.550. The fourth-order valence-corrected chi connectivity index (χ4v) is 1.41. The molecule has 1 heterocycles. The molecular formula is C12H23N5O. The Morgan fingerprint density at radius 2 is 2.28 bits per heavy atom. The van der Waals surface area contributed by atoms with Gasteiger partial charge in [0, 0.05) is 13.1 Å². The van der Waals surface area contributed by atoms with Crippen LogP contribution in [0.25, 0.3) is 0 Å².